The van der Waals surface area contributed by atoms with Crippen molar-refractivity contribution < 1.29 is 8.42 Å². The van der Waals surface area contributed by atoms with Crippen LogP contribution in [0.25, 0.3) is 0 Å². The highest BCUT2D eigenvalue weighted by Gasteiger charge is 2.26. The van der Waals surface area contributed by atoms with Gasteiger partial charge in [0.15, 0.2) is 0 Å². The fraction of sp³-hybridized carbons (Fsp3) is 0.273. The van der Waals surface area contributed by atoms with Gasteiger partial charge in [0, 0.05) is 10.2 Å². The molecular weight excluding hydrogens is 332 g/mol. The third-order valence-electron chi connectivity index (χ3n) is 2.41. The minimum Gasteiger partial charge on any atom is -0.398 e. The highest BCUT2D eigenvalue weighted by atomic mass is 79.9. The quantitative estimate of drug-likeness (QED) is 0.656. The molecule has 1 aromatic carbocycles. The van der Waals surface area contributed by atoms with Crippen molar-refractivity contribution in [3.8, 4) is 12.1 Å². The predicted molar refractivity (Wildman–Crippen MR) is 73.3 cm³/mol. The number of anilines is 1. The average Bonchev–Trinajstić information content (AvgIpc) is 2.33. The summed E-state index contributed by atoms with van der Waals surface area (Å²) in [5.41, 5.74) is 6.44. The van der Waals surface area contributed by atoms with Gasteiger partial charge in [-0.2, -0.15) is 14.8 Å². The van der Waals surface area contributed by atoms with E-state index in [1.54, 1.807) is 25.1 Å². The van der Waals surface area contributed by atoms with Crippen LogP contribution >= 0.6 is 15.9 Å². The Hall–Kier alpha value is -1.61. The van der Waals surface area contributed by atoms with E-state index in [0.717, 1.165) is 4.31 Å². The van der Waals surface area contributed by atoms with Crippen LogP contribution in [0.15, 0.2) is 21.5 Å². The fourth-order valence-corrected chi connectivity index (χ4v) is 3.40. The first-order chi connectivity index (χ1) is 8.84. The number of aryl methyl sites for hydroxylation is 1. The van der Waals surface area contributed by atoms with Crippen LogP contribution in [0.1, 0.15) is 5.56 Å². The zero-order chi connectivity index (χ0) is 14.6. The molecule has 0 unspecified atom stereocenters. The van der Waals surface area contributed by atoms with Crippen LogP contribution in [0.3, 0.4) is 0 Å². The number of halogens is 1. The van der Waals surface area contributed by atoms with E-state index >= 15 is 0 Å². The molecule has 6 nitrogen and oxygen atoms in total. The number of nitrogens with zero attached hydrogens (tertiary/aromatic N) is 3. The molecule has 0 spiro atoms. The Balaban J connectivity index is 3.38. The second kappa shape index (κ2) is 6.02. The summed E-state index contributed by atoms with van der Waals surface area (Å²) in [5, 5.41) is 17.3. The first-order valence-electron chi connectivity index (χ1n) is 5.14. The molecule has 0 bridgehead atoms. The summed E-state index contributed by atoms with van der Waals surface area (Å²) in [6, 6.07) is 6.36. The van der Waals surface area contributed by atoms with E-state index in [1.165, 1.54) is 6.07 Å². The molecule has 0 aliphatic carbocycles. The fourth-order valence-electron chi connectivity index (χ4n) is 1.47. The Morgan fingerprint density at radius 1 is 1.32 bits per heavy atom. The normalized spacial score (nSPS) is 11.0. The van der Waals surface area contributed by atoms with Gasteiger partial charge in [-0.15, -0.1) is 0 Å². The first-order valence-corrected chi connectivity index (χ1v) is 7.37. The summed E-state index contributed by atoms with van der Waals surface area (Å²) in [6.07, 6.45) is 0. The Kier molecular flexibility index (Phi) is 4.90. The van der Waals surface area contributed by atoms with E-state index in [1.807, 2.05) is 0 Å². The van der Waals surface area contributed by atoms with Crippen molar-refractivity contribution in [2.24, 2.45) is 0 Å². The number of hydrogen-bond donors (Lipinski definition) is 1. The Bertz CT molecular complexity index is 657. The maximum absolute atomic E-state index is 12.3. The summed E-state index contributed by atoms with van der Waals surface area (Å²) in [7, 11) is -3.91. The molecule has 0 aliphatic rings. The van der Waals surface area contributed by atoms with Crippen molar-refractivity contribution in [1.82, 2.24) is 4.31 Å². The molecule has 0 aliphatic heterocycles. The Labute approximate surface area is 120 Å². The van der Waals surface area contributed by atoms with Crippen molar-refractivity contribution in [1.29, 1.82) is 10.5 Å². The molecule has 1 rings (SSSR count). The molecule has 8 heteroatoms. The predicted octanol–water partition coefficient (Wildman–Crippen LogP) is 1.38. The molecule has 0 saturated heterocycles. The van der Waals surface area contributed by atoms with Gasteiger partial charge in [0.1, 0.15) is 13.1 Å². The van der Waals surface area contributed by atoms with Gasteiger partial charge in [0.05, 0.1) is 17.0 Å². The Morgan fingerprint density at radius 2 is 1.84 bits per heavy atom. The minimum absolute atomic E-state index is 0.00120. The van der Waals surface area contributed by atoms with Gasteiger partial charge < -0.3 is 5.73 Å². The largest absolute Gasteiger partial charge is 0.398 e. The third-order valence-corrected chi connectivity index (χ3v) is 5.03. The standard InChI is InChI=1S/C11H11BrN4O2S/c1-8-6-9(12)10(15)7-11(8)19(17,18)16(4-2-13)5-3-14/h6-7H,4-5,15H2,1H3. The van der Waals surface area contributed by atoms with E-state index < -0.39 is 10.0 Å². The van der Waals surface area contributed by atoms with Crippen LogP contribution in [0.4, 0.5) is 5.69 Å². The van der Waals surface area contributed by atoms with Crippen LogP contribution in [-0.2, 0) is 10.0 Å². The van der Waals surface area contributed by atoms with Gasteiger partial charge in [-0.25, -0.2) is 8.42 Å². The zero-order valence-electron chi connectivity index (χ0n) is 10.1. The lowest BCUT2D eigenvalue weighted by Gasteiger charge is -2.18. The van der Waals surface area contributed by atoms with Crippen molar-refractivity contribution in [3.63, 3.8) is 0 Å². The topological polar surface area (TPSA) is 111 Å². The summed E-state index contributed by atoms with van der Waals surface area (Å²) < 4.78 is 26.1. The second-order valence-electron chi connectivity index (χ2n) is 3.73. The molecule has 1 aromatic rings. The maximum atomic E-state index is 12.3. The van der Waals surface area contributed by atoms with E-state index in [9.17, 15) is 8.42 Å². The number of rotatable bonds is 4. The molecule has 0 aromatic heterocycles. The number of benzene rings is 1. The van der Waals surface area contributed by atoms with Crippen molar-refractivity contribution >= 4 is 31.6 Å². The highest BCUT2D eigenvalue weighted by Crippen LogP contribution is 2.28. The molecule has 100 valence electrons. The number of nitrogens with two attached hydrogens (primary N) is 1. The summed E-state index contributed by atoms with van der Waals surface area (Å²) >= 11 is 3.21. The molecule has 0 heterocycles. The highest BCUT2D eigenvalue weighted by molar-refractivity contribution is 9.10. The third kappa shape index (κ3) is 3.24. The van der Waals surface area contributed by atoms with Gasteiger partial charge >= 0.3 is 0 Å². The van der Waals surface area contributed by atoms with Gasteiger partial charge in [-0.3, -0.25) is 0 Å². The molecule has 0 amide bonds. The van der Waals surface area contributed by atoms with Crippen LogP contribution in [-0.4, -0.2) is 25.8 Å². The molecule has 0 radical (unpaired) electrons. The van der Waals surface area contributed by atoms with Crippen LogP contribution in [0.2, 0.25) is 0 Å². The number of nitrogen functional groups attached to an aromatic ring is 1. The number of sulfonamides is 1. The van der Waals surface area contributed by atoms with Crippen LogP contribution < -0.4 is 5.73 Å². The van der Waals surface area contributed by atoms with E-state index in [0.29, 0.717) is 10.0 Å². The molecular formula is C11H11BrN4O2S. The maximum Gasteiger partial charge on any atom is 0.245 e. The molecule has 0 saturated carbocycles. The summed E-state index contributed by atoms with van der Waals surface area (Å²) in [5.74, 6) is 0. The molecule has 19 heavy (non-hydrogen) atoms. The molecule has 0 atom stereocenters. The second-order valence-corrected chi connectivity index (χ2v) is 6.49. The van der Waals surface area contributed by atoms with Crippen LogP contribution in [0, 0.1) is 29.6 Å². The average molecular weight is 343 g/mol. The lowest BCUT2D eigenvalue weighted by atomic mass is 10.2. The lowest BCUT2D eigenvalue weighted by molar-refractivity contribution is 0.479. The van der Waals surface area contributed by atoms with Gasteiger partial charge in [-0.05, 0) is 40.5 Å². The molecule has 0 fully saturated rings. The minimum atomic E-state index is -3.91. The smallest absolute Gasteiger partial charge is 0.245 e. The van der Waals surface area contributed by atoms with Crippen molar-refractivity contribution in [2.75, 3.05) is 18.8 Å². The van der Waals surface area contributed by atoms with Crippen molar-refractivity contribution in [2.45, 2.75) is 11.8 Å². The summed E-state index contributed by atoms with van der Waals surface area (Å²) in [6.45, 7) is 0.852. The molecule has 2 N–H and O–H groups in total. The zero-order valence-corrected chi connectivity index (χ0v) is 12.5. The number of hydrogen-bond acceptors (Lipinski definition) is 5. The Morgan fingerprint density at radius 3 is 2.32 bits per heavy atom. The first kappa shape index (κ1) is 15.4. The van der Waals surface area contributed by atoms with E-state index in [2.05, 4.69) is 15.9 Å². The van der Waals surface area contributed by atoms with Crippen molar-refractivity contribution in [3.05, 3.63) is 22.2 Å². The van der Waals surface area contributed by atoms with Crippen LogP contribution in [0.5, 0.6) is 0 Å². The van der Waals surface area contributed by atoms with Gasteiger partial charge in [0.25, 0.3) is 0 Å². The monoisotopic (exact) mass is 342 g/mol. The summed E-state index contributed by atoms with van der Waals surface area (Å²) in [4.78, 5) is -0.00120. The van der Waals surface area contributed by atoms with Gasteiger partial charge in [0.2, 0.25) is 10.0 Å². The van der Waals surface area contributed by atoms with Gasteiger partial charge in [-0.1, -0.05) is 0 Å². The number of nitriles is 2. The van der Waals surface area contributed by atoms with E-state index in [-0.39, 0.29) is 23.7 Å². The van der Waals surface area contributed by atoms with E-state index in [4.69, 9.17) is 16.3 Å². The lowest BCUT2D eigenvalue weighted by Crippen LogP contribution is -2.32. The SMILES string of the molecule is Cc1cc(Br)c(N)cc1S(=O)(=O)N(CC#N)CC#N.